The molecule has 2 heterocycles. The molecule has 0 spiro atoms. The van der Waals surface area contributed by atoms with Crippen molar-refractivity contribution < 1.29 is 19.8 Å². The lowest BCUT2D eigenvalue weighted by atomic mass is 9.81. The molecule has 2 N–H and O–H groups in total. The van der Waals surface area contributed by atoms with Crippen molar-refractivity contribution in [2.75, 3.05) is 0 Å². The molecule has 2 aliphatic rings. The highest BCUT2D eigenvalue weighted by Crippen LogP contribution is 2.45. The van der Waals surface area contributed by atoms with Gasteiger partial charge in [0.25, 0.3) is 5.69 Å². The quantitative estimate of drug-likeness (QED) is 0.568. The summed E-state index contributed by atoms with van der Waals surface area (Å²) in [5, 5.41) is 36.4. The van der Waals surface area contributed by atoms with Crippen LogP contribution in [-0.2, 0) is 12.0 Å². The molecule has 16 heavy (non-hydrogen) atoms. The van der Waals surface area contributed by atoms with Gasteiger partial charge in [0.2, 0.25) is 5.69 Å². The minimum Gasteiger partial charge on any atom is -0.379 e. The Balaban J connectivity index is 2.11. The summed E-state index contributed by atoms with van der Waals surface area (Å²) in [6.45, 7) is 1.82. The molecule has 88 valence electrons. The first-order valence-electron chi connectivity index (χ1n) is 5.32. The van der Waals surface area contributed by atoms with Gasteiger partial charge in [-0.3, -0.25) is 4.63 Å². The fraction of sp³-hybridized carbons (Fsp3) is 0.778. The highest BCUT2D eigenvalue weighted by Gasteiger charge is 2.58. The van der Waals surface area contributed by atoms with Crippen LogP contribution in [0.5, 0.6) is 0 Å². The Morgan fingerprint density at radius 2 is 2.44 bits per heavy atom. The third kappa shape index (κ3) is 1.02. The van der Waals surface area contributed by atoms with E-state index in [0.29, 0.717) is 29.9 Å². The Bertz CT molecular complexity index is 434. The van der Waals surface area contributed by atoms with Crippen molar-refractivity contribution in [2.45, 2.75) is 43.9 Å². The lowest BCUT2D eigenvalue weighted by molar-refractivity contribution is -0.808. The molecule has 0 bridgehead atoms. The average Bonchev–Trinajstić information content (AvgIpc) is 2.70. The molecular weight excluding hydrogens is 214 g/mol. The molecule has 0 radical (unpaired) electrons. The van der Waals surface area contributed by atoms with Gasteiger partial charge in [0, 0.05) is 24.0 Å². The summed E-state index contributed by atoms with van der Waals surface area (Å²) in [6, 6.07) is -0.558. The number of hydrogen-bond acceptors (Lipinski definition) is 6. The number of fused-ring (bicyclic) bond motifs is 3. The van der Waals surface area contributed by atoms with E-state index in [0.717, 1.165) is 5.06 Å². The Morgan fingerprint density at radius 3 is 3.19 bits per heavy atom. The molecule has 1 aromatic rings. The van der Waals surface area contributed by atoms with Gasteiger partial charge < -0.3 is 15.5 Å². The molecule has 0 amide bonds. The van der Waals surface area contributed by atoms with Crippen molar-refractivity contribution in [3.05, 3.63) is 16.6 Å². The Kier molecular flexibility index (Phi) is 1.84. The topological polar surface area (TPSA) is 96.7 Å². The summed E-state index contributed by atoms with van der Waals surface area (Å²) in [6.07, 6.45) is 1.33. The first kappa shape index (κ1) is 10.0. The van der Waals surface area contributed by atoms with Gasteiger partial charge in [-0.1, -0.05) is 0 Å². The van der Waals surface area contributed by atoms with Crippen LogP contribution in [0.4, 0.5) is 0 Å². The van der Waals surface area contributed by atoms with E-state index in [1.54, 1.807) is 0 Å². The normalized spacial score (nSPS) is 38.4. The molecule has 7 heteroatoms. The smallest absolute Gasteiger partial charge is 0.254 e. The summed E-state index contributed by atoms with van der Waals surface area (Å²) < 4.78 is 4.51. The fourth-order valence-corrected chi connectivity index (χ4v) is 2.91. The molecule has 0 saturated carbocycles. The monoisotopic (exact) mass is 227 g/mol. The van der Waals surface area contributed by atoms with Gasteiger partial charge in [-0.05, 0) is 18.2 Å². The third-order valence-corrected chi connectivity index (χ3v) is 3.69. The summed E-state index contributed by atoms with van der Waals surface area (Å²) in [5.74, 6) is 0. The minimum atomic E-state index is -1.26. The molecule has 1 aliphatic carbocycles. The van der Waals surface area contributed by atoms with E-state index in [9.17, 15) is 15.5 Å². The van der Waals surface area contributed by atoms with Gasteiger partial charge in [0.1, 0.15) is 0 Å². The fourth-order valence-electron chi connectivity index (χ4n) is 2.91. The van der Waals surface area contributed by atoms with E-state index in [2.05, 4.69) is 9.79 Å². The summed E-state index contributed by atoms with van der Waals surface area (Å²) in [4.78, 5) is 0.341. The SMILES string of the molecule is C[C@@H]1C[C@@]2(O)c3no[n+]([O-])c3CC[C@H]2N1O. The summed E-state index contributed by atoms with van der Waals surface area (Å²) in [5.41, 5.74) is -0.607. The third-order valence-electron chi connectivity index (χ3n) is 3.69. The molecule has 3 rings (SSSR count). The van der Waals surface area contributed by atoms with E-state index in [4.69, 9.17) is 0 Å². The number of hydrogen-bond donors (Lipinski definition) is 2. The van der Waals surface area contributed by atoms with Gasteiger partial charge >= 0.3 is 0 Å². The zero-order chi connectivity index (χ0) is 11.5. The highest BCUT2D eigenvalue weighted by atomic mass is 16.8. The Hall–Kier alpha value is -1.18. The van der Waals surface area contributed by atoms with Crippen LogP contribution in [0.2, 0.25) is 0 Å². The van der Waals surface area contributed by atoms with Crippen molar-refractivity contribution in [3.63, 3.8) is 0 Å². The van der Waals surface area contributed by atoms with Crippen molar-refractivity contribution >= 4 is 0 Å². The van der Waals surface area contributed by atoms with Crippen LogP contribution >= 0.6 is 0 Å². The van der Waals surface area contributed by atoms with Crippen LogP contribution in [-0.4, -0.2) is 32.6 Å². The first-order valence-corrected chi connectivity index (χ1v) is 5.32. The van der Waals surface area contributed by atoms with Crippen LogP contribution in [0.1, 0.15) is 31.2 Å². The standard InChI is InChI=1S/C9H13N3O4/c1-5-4-9(13)7(11(5)14)3-2-6-8(9)10-16-12(6)15/h5,7,13-14H,2-4H2,1H3/t5-,7-,9+/m1/s1. The zero-order valence-corrected chi connectivity index (χ0v) is 8.83. The minimum absolute atomic E-state index is 0.155. The van der Waals surface area contributed by atoms with Crippen LogP contribution in [0.15, 0.2) is 4.63 Å². The van der Waals surface area contributed by atoms with Crippen molar-refractivity contribution in [3.8, 4) is 0 Å². The number of aliphatic hydroxyl groups is 1. The Labute approximate surface area is 91.4 Å². The van der Waals surface area contributed by atoms with E-state index >= 15 is 0 Å². The number of nitrogens with zero attached hydrogens (tertiary/aromatic N) is 3. The molecule has 1 saturated heterocycles. The average molecular weight is 227 g/mol. The lowest BCUT2D eigenvalue weighted by Crippen LogP contribution is -2.47. The van der Waals surface area contributed by atoms with Gasteiger partial charge in [-0.15, -0.1) is 0 Å². The Morgan fingerprint density at radius 1 is 1.69 bits per heavy atom. The summed E-state index contributed by atoms with van der Waals surface area (Å²) in [7, 11) is 0. The van der Waals surface area contributed by atoms with Crippen LogP contribution in [0.25, 0.3) is 0 Å². The second kappa shape index (κ2) is 2.93. The van der Waals surface area contributed by atoms with E-state index in [1.807, 2.05) is 6.92 Å². The molecule has 0 aromatic carbocycles. The second-order valence-electron chi connectivity index (χ2n) is 4.64. The zero-order valence-electron chi connectivity index (χ0n) is 8.83. The molecule has 1 aromatic heterocycles. The number of hydroxylamine groups is 2. The van der Waals surface area contributed by atoms with Gasteiger partial charge in [0.15, 0.2) is 5.60 Å². The van der Waals surface area contributed by atoms with Crippen LogP contribution < -0.4 is 4.90 Å². The van der Waals surface area contributed by atoms with Crippen LogP contribution in [0, 0.1) is 5.21 Å². The molecule has 7 nitrogen and oxygen atoms in total. The van der Waals surface area contributed by atoms with E-state index in [-0.39, 0.29) is 11.7 Å². The molecule has 1 fully saturated rings. The lowest BCUT2D eigenvalue weighted by Gasteiger charge is -2.31. The maximum absolute atomic E-state index is 11.3. The first-order chi connectivity index (χ1) is 7.54. The predicted molar refractivity (Wildman–Crippen MR) is 49.2 cm³/mol. The largest absolute Gasteiger partial charge is 0.379 e. The van der Waals surface area contributed by atoms with Gasteiger partial charge in [0.05, 0.1) is 6.04 Å². The highest BCUT2D eigenvalue weighted by molar-refractivity contribution is 5.24. The second-order valence-corrected chi connectivity index (χ2v) is 4.64. The maximum Gasteiger partial charge on any atom is 0.254 e. The van der Waals surface area contributed by atoms with Gasteiger partial charge in [-0.25, -0.2) is 0 Å². The number of rotatable bonds is 0. The molecule has 0 unspecified atom stereocenters. The number of aromatic nitrogens is 2. The van der Waals surface area contributed by atoms with E-state index < -0.39 is 11.6 Å². The summed E-state index contributed by atoms with van der Waals surface area (Å²) >= 11 is 0. The predicted octanol–water partition coefficient (Wildman–Crippen LogP) is -0.706. The van der Waals surface area contributed by atoms with Crippen molar-refractivity contribution in [1.29, 1.82) is 0 Å². The van der Waals surface area contributed by atoms with Gasteiger partial charge in [-0.2, -0.15) is 5.06 Å². The van der Waals surface area contributed by atoms with E-state index in [1.165, 1.54) is 0 Å². The maximum atomic E-state index is 11.3. The molecular formula is C9H13N3O4. The van der Waals surface area contributed by atoms with Crippen molar-refractivity contribution in [1.82, 2.24) is 10.2 Å². The molecule has 3 atom stereocenters. The van der Waals surface area contributed by atoms with Crippen LogP contribution in [0.3, 0.4) is 0 Å². The molecule has 1 aliphatic heterocycles. The van der Waals surface area contributed by atoms with Crippen molar-refractivity contribution in [2.24, 2.45) is 0 Å².